The molecule has 0 aliphatic rings. The fourth-order valence-corrected chi connectivity index (χ4v) is 1.98. The number of hydrogen-bond acceptors (Lipinski definition) is 3. The smallest absolute Gasteiger partial charge is 0.225 e. The van der Waals surface area contributed by atoms with Crippen LogP contribution in [-0.4, -0.2) is 18.5 Å². The van der Waals surface area contributed by atoms with Crippen molar-refractivity contribution in [3.8, 4) is 6.07 Å². The molecule has 1 amide bonds. The second-order valence-electron chi connectivity index (χ2n) is 4.01. The number of halogens is 1. The first kappa shape index (κ1) is 14.7. The van der Waals surface area contributed by atoms with Crippen LogP contribution in [0.3, 0.4) is 0 Å². The van der Waals surface area contributed by atoms with E-state index in [4.69, 9.17) is 5.26 Å². The van der Waals surface area contributed by atoms with Gasteiger partial charge in [-0.25, -0.2) is 0 Å². The van der Waals surface area contributed by atoms with E-state index >= 15 is 0 Å². The molecule has 4 nitrogen and oxygen atoms in total. The van der Waals surface area contributed by atoms with Gasteiger partial charge in [0.25, 0.3) is 0 Å². The van der Waals surface area contributed by atoms with Gasteiger partial charge in [-0.05, 0) is 31.7 Å². The average Bonchev–Trinajstić information content (AvgIpc) is 2.31. The zero-order valence-corrected chi connectivity index (χ0v) is 12.0. The number of carbonyl (C=O) groups is 1. The maximum atomic E-state index is 11.8. The molecule has 18 heavy (non-hydrogen) atoms. The Balaban J connectivity index is 2.68. The molecule has 0 saturated heterocycles. The number of carbonyl (C=O) groups excluding carboxylic acids is 1. The summed E-state index contributed by atoms with van der Waals surface area (Å²) in [5.74, 6) is -0.0951. The minimum atomic E-state index is -0.0951. The van der Waals surface area contributed by atoms with Crippen molar-refractivity contribution in [2.24, 2.45) is 0 Å². The fraction of sp³-hybridized carbons (Fsp3) is 0.385. The number of nitrogens with one attached hydrogen (secondary N) is 2. The van der Waals surface area contributed by atoms with Crippen molar-refractivity contribution in [1.82, 2.24) is 5.32 Å². The average molecular weight is 310 g/mol. The van der Waals surface area contributed by atoms with E-state index in [0.717, 1.165) is 11.0 Å². The summed E-state index contributed by atoms with van der Waals surface area (Å²) in [5.41, 5.74) is 1.00. The first-order valence-electron chi connectivity index (χ1n) is 5.79. The van der Waals surface area contributed by atoms with Crippen LogP contribution in [-0.2, 0) is 4.79 Å². The van der Waals surface area contributed by atoms with Gasteiger partial charge in [-0.2, -0.15) is 5.26 Å². The Hall–Kier alpha value is -1.38. The Morgan fingerprint density at radius 2 is 2.28 bits per heavy atom. The van der Waals surface area contributed by atoms with Gasteiger partial charge in [0.05, 0.1) is 11.3 Å². The Labute approximate surface area is 116 Å². The summed E-state index contributed by atoms with van der Waals surface area (Å²) >= 11 is 3.29. The van der Waals surface area contributed by atoms with E-state index in [0.29, 0.717) is 17.7 Å². The molecule has 1 aromatic rings. The van der Waals surface area contributed by atoms with Gasteiger partial charge in [-0.15, -0.1) is 0 Å². The number of benzene rings is 1. The Morgan fingerprint density at radius 1 is 1.56 bits per heavy atom. The van der Waals surface area contributed by atoms with E-state index in [-0.39, 0.29) is 11.9 Å². The molecule has 2 N–H and O–H groups in total. The van der Waals surface area contributed by atoms with Gasteiger partial charge in [-0.3, -0.25) is 4.79 Å². The highest BCUT2D eigenvalue weighted by Gasteiger charge is 2.10. The summed E-state index contributed by atoms with van der Waals surface area (Å²) in [5, 5.41) is 14.9. The molecule has 0 bridgehead atoms. The van der Waals surface area contributed by atoms with Crippen LogP contribution >= 0.6 is 15.9 Å². The minimum absolute atomic E-state index is 0.0951. The van der Waals surface area contributed by atoms with Gasteiger partial charge in [-0.1, -0.05) is 22.9 Å². The molecule has 0 heterocycles. The maximum Gasteiger partial charge on any atom is 0.225 e. The number of nitrogens with zero attached hydrogens (tertiary/aromatic N) is 1. The zero-order chi connectivity index (χ0) is 13.5. The second-order valence-corrected chi connectivity index (χ2v) is 4.93. The van der Waals surface area contributed by atoms with E-state index in [1.807, 2.05) is 13.8 Å². The number of nitriles is 1. The van der Waals surface area contributed by atoms with Crippen LogP contribution in [0.1, 0.15) is 25.8 Å². The molecule has 0 aromatic heterocycles. The summed E-state index contributed by atoms with van der Waals surface area (Å²) in [7, 11) is 0. The highest BCUT2D eigenvalue weighted by Crippen LogP contribution is 2.20. The summed E-state index contributed by atoms with van der Waals surface area (Å²) < 4.78 is 0.818. The molecule has 0 saturated carbocycles. The molecule has 0 radical (unpaired) electrons. The standard InChI is InChI=1S/C13H16BrN3O/c1-3-16-9(2)6-13(18)17-12-5-4-11(14)7-10(12)8-15/h4-5,7,9,16H,3,6H2,1-2H3,(H,17,18). The minimum Gasteiger partial charge on any atom is -0.325 e. The van der Waals surface area contributed by atoms with Crippen molar-refractivity contribution in [1.29, 1.82) is 5.26 Å². The molecule has 1 unspecified atom stereocenters. The largest absolute Gasteiger partial charge is 0.325 e. The molecule has 5 heteroatoms. The second kappa shape index (κ2) is 7.14. The van der Waals surface area contributed by atoms with Crippen molar-refractivity contribution < 1.29 is 4.79 Å². The van der Waals surface area contributed by atoms with E-state index in [9.17, 15) is 4.79 Å². The molecule has 0 aliphatic heterocycles. The molecule has 1 aromatic carbocycles. The quantitative estimate of drug-likeness (QED) is 0.879. The lowest BCUT2D eigenvalue weighted by Gasteiger charge is -2.12. The topological polar surface area (TPSA) is 64.9 Å². The van der Waals surface area contributed by atoms with Crippen molar-refractivity contribution in [3.63, 3.8) is 0 Å². The Morgan fingerprint density at radius 3 is 2.89 bits per heavy atom. The maximum absolute atomic E-state index is 11.8. The lowest BCUT2D eigenvalue weighted by atomic mass is 10.1. The van der Waals surface area contributed by atoms with Gasteiger partial charge in [0, 0.05) is 16.9 Å². The highest BCUT2D eigenvalue weighted by molar-refractivity contribution is 9.10. The first-order valence-corrected chi connectivity index (χ1v) is 6.59. The normalized spacial score (nSPS) is 11.7. The lowest BCUT2D eigenvalue weighted by molar-refractivity contribution is -0.116. The fourth-order valence-electron chi connectivity index (χ4n) is 1.62. The van der Waals surface area contributed by atoms with Crippen LogP contribution < -0.4 is 10.6 Å². The molecule has 1 atom stereocenters. The SMILES string of the molecule is CCNC(C)CC(=O)Nc1ccc(Br)cc1C#N. The molecular formula is C13H16BrN3O. The van der Waals surface area contributed by atoms with E-state index < -0.39 is 0 Å². The summed E-state index contributed by atoms with van der Waals surface area (Å²) in [4.78, 5) is 11.8. The van der Waals surface area contributed by atoms with Crippen LogP contribution in [0.2, 0.25) is 0 Å². The van der Waals surface area contributed by atoms with Gasteiger partial charge >= 0.3 is 0 Å². The Kier molecular flexibility index (Phi) is 5.83. The lowest BCUT2D eigenvalue weighted by Crippen LogP contribution is -2.30. The predicted octanol–water partition coefficient (Wildman–Crippen LogP) is 2.65. The van der Waals surface area contributed by atoms with Crippen LogP contribution in [0.25, 0.3) is 0 Å². The zero-order valence-electron chi connectivity index (χ0n) is 10.5. The monoisotopic (exact) mass is 309 g/mol. The highest BCUT2D eigenvalue weighted by atomic mass is 79.9. The van der Waals surface area contributed by atoms with Crippen molar-refractivity contribution in [3.05, 3.63) is 28.2 Å². The van der Waals surface area contributed by atoms with Gasteiger partial charge in [0.2, 0.25) is 5.91 Å². The van der Waals surface area contributed by atoms with E-state index in [2.05, 4.69) is 32.6 Å². The van der Waals surface area contributed by atoms with E-state index in [1.54, 1.807) is 18.2 Å². The van der Waals surface area contributed by atoms with Gasteiger partial charge < -0.3 is 10.6 Å². The number of rotatable bonds is 5. The van der Waals surface area contributed by atoms with E-state index in [1.165, 1.54) is 0 Å². The third kappa shape index (κ3) is 4.47. The van der Waals surface area contributed by atoms with Gasteiger partial charge in [0.15, 0.2) is 0 Å². The molecule has 96 valence electrons. The molecular weight excluding hydrogens is 294 g/mol. The first-order chi connectivity index (χ1) is 8.56. The number of anilines is 1. The Bertz CT molecular complexity index is 468. The number of amides is 1. The third-order valence-corrected chi connectivity index (χ3v) is 2.91. The van der Waals surface area contributed by atoms with Crippen LogP contribution in [0.5, 0.6) is 0 Å². The van der Waals surface area contributed by atoms with Crippen LogP contribution in [0.4, 0.5) is 5.69 Å². The van der Waals surface area contributed by atoms with Crippen molar-refractivity contribution in [2.45, 2.75) is 26.3 Å². The van der Waals surface area contributed by atoms with Crippen molar-refractivity contribution in [2.75, 3.05) is 11.9 Å². The molecule has 1 rings (SSSR count). The number of hydrogen-bond donors (Lipinski definition) is 2. The summed E-state index contributed by atoms with van der Waals surface area (Å²) in [6, 6.07) is 7.38. The molecule has 0 spiro atoms. The van der Waals surface area contributed by atoms with Crippen molar-refractivity contribution >= 4 is 27.5 Å². The molecule has 0 aliphatic carbocycles. The van der Waals surface area contributed by atoms with Gasteiger partial charge in [0.1, 0.15) is 6.07 Å². The summed E-state index contributed by atoms with van der Waals surface area (Å²) in [6.45, 7) is 4.78. The summed E-state index contributed by atoms with van der Waals surface area (Å²) in [6.07, 6.45) is 0.384. The molecule has 0 fully saturated rings. The van der Waals surface area contributed by atoms with Crippen LogP contribution in [0, 0.1) is 11.3 Å². The van der Waals surface area contributed by atoms with Crippen LogP contribution in [0.15, 0.2) is 22.7 Å². The third-order valence-electron chi connectivity index (χ3n) is 2.42. The predicted molar refractivity (Wildman–Crippen MR) is 75.2 cm³/mol.